The molecule has 5 aromatic rings. The number of hydrogen-bond donors (Lipinski definition) is 1. The van der Waals surface area contributed by atoms with Crippen molar-refractivity contribution in [2.24, 2.45) is 0 Å². The van der Waals surface area contributed by atoms with Crippen molar-refractivity contribution in [3.63, 3.8) is 0 Å². The Hall–Kier alpha value is -4.56. The van der Waals surface area contributed by atoms with E-state index in [9.17, 15) is 4.79 Å². The molecule has 1 amide bonds. The molecule has 1 heterocycles. The summed E-state index contributed by atoms with van der Waals surface area (Å²) in [6.45, 7) is 4.15. The fraction of sp³-hybridized carbons (Fsp3) is 0.206. The molecule has 214 valence electrons. The van der Waals surface area contributed by atoms with Crippen LogP contribution < -0.4 is 14.8 Å². The van der Waals surface area contributed by atoms with Crippen molar-refractivity contribution in [3.8, 4) is 17.2 Å². The van der Waals surface area contributed by atoms with E-state index in [0.29, 0.717) is 29.3 Å². The molecule has 42 heavy (non-hydrogen) atoms. The summed E-state index contributed by atoms with van der Waals surface area (Å²) in [5.74, 6) is 2.15. The average Bonchev–Trinajstić information content (AvgIpc) is 3.44. The lowest BCUT2D eigenvalue weighted by molar-refractivity contribution is 0.0931. The first-order chi connectivity index (χ1) is 20.4. The van der Waals surface area contributed by atoms with E-state index in [1.165, 1.54) is 11.1 Å². The average molecular weight is 579 g/mol. The molecule has 0 saturated carbocycles. The Balaban J connectivity index is 1.55. The number of carbonyl (C=O) groups is 1. The molecule has 7 nitrogen and oxygen atoms in total. The standard InChI is InChI=1S/C34H34N4O3S/c1-23-13-15-27(16-14-23)38-32(36-37-34(38)42-22-26-12-8-9-24(2)19-26)30(20-25-10-6-5-7-11-25)35-33(39)29-18-17-28(40-3)21-31(29)41-4/h5-19,21,30H,20,22H2,1-4H3,(H,35,39). The second kappa shape index (κ2) is 13.4. The SMILES string of the molecule is COc1ccc(C(=O)NC(Cc2ccccc2)c2nnc(SCc3cccc(C)c3)n2-c2ccc(C)cc2)c(OC)c1. The van der Waals surface area contributed by atoms with Gasteiger partial charge in [0.05, 0.1) is 25.8 Å². The number of aryl methyl sites for hydroxylation is 2. The van der Waals surface area contributed by atoms with Gasteiger partial charge in [-0.15, -0.1) is 10.2 Å². The van der Waals surface area contributed by atoms with Gasteiger partial charge in [0.25, 0.3) is 5.91 Å². The minimum Gasteiger partial charge on any atom is -0.497 e. The smallest absolute Gasteiger partial charge is 0.255 e. The van der Waals surface area contributed by atoms with Gasteiger partial charge in [-0.2, -0.15) is 0 Å². The molecule has 1 unspecified atom stereocenters. The number of amides is 1. The molecule has 4 aromatic carbocycles. The second-order valence-corrected chi connectivity index (χ2v) is 11.0. The van der Waals surface area contributed by atoms with E-state index in [0.717, 1.165) is 27.7 Å². The molecule has 8 heteroatoms. The minimum atomic E-state index is -0.478. The summed E-state index contributed by atoms with van der Waals surface area (Å²) >= 11 is 1.62. The zero-order chi connectivity index (χ0) is 29.5. The van der Waals surface area contributed by atoms with Crippen LogP contribution in [0.3, 0.4) is 0 Å². The summed E-state index contributed by atoms with van der Waals surface area (Å²) in [7, 11) is 3.12. The van der Waals surface area contributed by atoms with Crippen LogP contribution in [-0.4, -0.2) is 34.9 Å². The molecule has 0 aliphatic rings. The lowest BCUT2D eigenvalue weighted by Gasteiger charge is -2.21. The Kier molecular flexibility index (Phi) is 9.24. The highest BCUT2D eigenvalue weighted by Crippen LogP contribution is 2.31. The number of methoxy groups -OCH3 is 2. The third-order valence-corrected chi connectivity index (χ3v) is 7.95. The van der Waals surface area contributed by atoms with Crippen LogP contribution in [0.4, 0.5) is 0 Å². The highest BCUT2D eigenvalue weighted by Gasteiger charge is 2.26. The van der Waals surface area contributed by atoms with Crippen molar-refractivity contribution in [1.29, 1.82) is 0 Å². The van der Waals surface area contributed by atoms with E-state index in [1.54, 1.807) is 44.2 Å². The fourth-order valence-electron chi connectivity index (χ4n) is 4.77. The molecular formula is C34H34N4O3S. The first kappa shape index (κ1) is 29.0. The number of benzene rings is 4. The van der Waals surface area contributed by atoms with Crippen molar-refractivity contribution in [2.45, 2.75) is 37.2 Å². The van der Waals surface area contributed by atoms with Gasteiger partial charge in [0.15, 0.2) is 11.0 Å². The summed E-state index contributed by atoms with van der Waals surface area (Å²) in [6.07, 6.45) is 0.525. The van der Waals surface area contributed by atoms with Crippen molar-refractivity contribution >= 4 is 17.7 Å². The summed E-state index contributed by atoms with van der Waals surface area (Å²) in [5, 5.41) is 13.3. The third-order valence-electron chi connectivity index (χ3n) is 6.95. The maximum atomic E-state index is 13.7. The number of nitrogens with zero attached hydrogens (tertiary/aromatic N) is 3. The second-order valence-electron chi connectivity index (χ2n) is 10.1. The lowest BCUT2D eigenvalue weighted by atomic mass is 10.0. The number of hydrogen-bond acceptors (Lipinski definition) is 6. The van der Waals surface area contributed by atoms with Gasteiger partial charge >= 0.3 is 0 Å². The van der Waals surface area contributed by atoms with Gasteiger partial charge in [-0.1, -0.05) is 89.6 Å². The molecule has 1 atom stereocenters. The molecule has 0 aliphatic carbocycles. The van der Waals surface area contributed by atoms with Crippen LogP contribution in [0.15, 0.2) is 102 Å². The van der Waals surface area contributed by atoms with Crippen LogP contribution in [0, 0.1) is 13.8 Å². The Morgan fingerprint density at radius 3 is 2.31 bits per heavy atom. The van der Waals surface area contributed by atoms with Gasteiger partial charge in [0.1, 0.15) is 11.5 Å². The summed E-state index contributed by atoms with van der Waals surface area (Å²) < 4.78 is 12.9. The van der Waals surface area contributed by atoms with E-state index >= 15 is 0 Å². The van der Waals surface area contributed by atoms with Crippen molar-refractivity contribution < 1.29 is 14.3 Å². The molecule has 0 radical (unpaired) electrons. The van der Waals surface area contributed by atoms with Crippen LogP contribution in [-0.2, 0) is 12.2 Å². The van der Waals surface area contributed by atoms with Gasteiger partial charge in [0, 0.05) is 17.5 Å². The highest BCUT2D eigenvalue weighted by atomic mass is 32.2. The largest absolute Gasteiger partial charge is 0.497 e. The lowest BCUT2D eigenvalue weighted by Crippen LogP contribution is -2.32. The fourth-order valence-corrected chi connectivity index (χ4v) is 5.67. The molecule has 0 bridgehead atoms. The van der Waals surface area contributed by atoms with Crippen LogP contribution in [0.5, 0.6) is 11.5 Å². The van der Waals surface area contributed by atoms with Crippen LogP contribution in [0.1, 0.15) is 44.5 Å². The van der Waals surface area contributed by atoms with Crippen LogP contribution >= 0.6 is 11.8 Å². The molecule has 1 N–H and O–H groups in total. The van der Waals surface area contributed by atoms with Crippen LogP contribution in [0.25, 0.3) is 5.69 Å². The van der Waals surface area contributed by atoms with E-state index in [2.05, 4.69) is 82.5 Å². The molecule has 0 saturated heterocycles. The Bertz CT molecular complexity index is 1650. The summed E-state index contributed by atoms with van der Waals surface area (Å²) in [6, 6.07) is 31.5. The van der Waals surface area contributed by atoms with E-state index in [4.69, 9.17) is 9.47 Å². The topological polar surface area (TPSA) is 78.3 Å². The van der Waals surface area contributed by atoms with Crippen molar-refractivity contribution in [1.82, 2.24) is 20.1 Å². The van der Waals surface area contributed by atoms with E-state index in [-0.39, 0.29) is 5.91 Å². The Labute approximate surface area is 250 Å². The molecule has 5 rings (SSSR count). The summed E-state index contributed by atoms with van der Waals surface area (Å²) in [5.41, 5.74) is 5.99. The maximum Gasteiger partial charge on any atom is 0.255 e. The zero-order valence-corrected chi connectivity index (χ0v) is 25.0. The maximum absolute atomic E-state index is 13.7. The number of nitrogens with one attached hydrogen (secondary N) is 1. The van der Waals surface area contributed by atoms with Crippen molar-refractivity contribution in [2.75, 3.05) is 14.2 Å². The van der Waals surface area contributed by atoms with E-state index in [1.807, 2.05) is 30.3 Å². The normalized spacial score (nSPS) is 11.6. The first-order valence-electron chi connectivity index (χ1n) is 13.7. The van der Waals surface area contributed by atoms with Gasteiger partial charge in [0.2, 0.25) is 0 Å². The first-order valence-corrected chi connectivity index (χ1v) is 14.7. The number of ether oxygens (including phenoxy) is 2. The number of aromatic nitrogens is 3. The van der Waals surface area contributed by atoms with Gasteiger partial charge in [-0.25, -0.2) is 0 Å². The predicted octanol–water partition coefficient (Wildman–Crippen LogP) is 6.91. The van der Waals surface area contributed by atoms with E-state index < -0.39 is 6.04 Å². The molecular weight excluding hydrogens is 544 g/mol. The molecule has 0 fully saturated rings. The quantitative estimate of drug-likeness (QED) is 0.172. The summed E-state index contributed by atoms with van der Waals surface area (Å²) in [4.78, 5) is 13.7. The zero-order valence-electron chi connectivity index (χ0n) is 24.2. The molecule has 0 spiro atoms. The van der Waals surface area contributed by atoms with Crippen molar-refractivity contribution in [3.05, 3.63) is 131 Å². The minimum absolute atomic E-state index is 0.275. The van der Waals surface area contributed by atoms with Crippen LogP contribution in [0.2, 0.25) is 0 Å². The number of thioether (sulfide) groups is 1. The van der Waals surface area contributed by atoms with Gasteiger partial charge in [-0.3, -0.25) is 9.36 Å². The molecule has 0 aliphatic heterocycles. The third kappa shape index (κ3) is 6.83. The van der Waals surface area contributed by atoms with Gasteiger partial charge in [-0.05, 0) is 55.7 Å². The number of rotatable bonds is 11. The Morgan fingerprint density at radius 2 is 1.60 bits per heavy atom. The monoisotopic (exact) mass is 578 g/mol. The molecule has 1 aromatic heterocycles. The Morgan fingerprint density at radius 1 is 0.833 bits per heavy atom. The number of carbonyl (C=O) groups excluding carboxylic acids is 1. The highest BCUT2D eigenvalue weighted by molar-refractivity contribution is 7.98. The van der Waals surface area contributed by atoms with Gasteiger partial charge < -0.3 is 14.8 Å². The predicted molar refractivity (Wildman–Crippen MR) is 167 cm³/mol.